The maximum Gasteiger partial charge on any atom is 0.286 e. The molecule has 0 saturated heterocycles. The van der Waals surface area contributed by atoms with Crippen molar-refractivity contribution in [3.8, 4) is 0 Å². The number of unbranched alkanes of at least 4 members (excludes halogenated alkanes) is 1. The van der Waals surface area contributed by atoms with E-state index in [0.29, 0.717) is 0 Å². The predicted octanol–water partition coefficient (Wildman–Crippen LogP) is 0.371. The summed E-state index contributed by atoms with van der Waals surface area (Å²) in [7, 11) is 0. The monoisotopic (exact) mass is 141 g/mol. The molecule has 4 heteroatoms. The second kappa shape index (κ2) is 3.20. The lowest BCUT2D eigenvalue weighted by Gasteiger charge is -1.95. The zero-order valence-electron chi connectivity index (χ0n) is 6.00. The number of nitrogens with zero attached hydrogens (tertiary/aromatic N) is 2. The summed E-state index contributed by atoms with van der Waals surface area (Å²) in [5.41, 5.74) is -0.0477. The van der Waals surface area contributed by atoms with Crippen LogP contribution >= 0.6 is 0 Å². The van der Waals surface area contributed by atoms with E-state index in [1.165, 1.54) is 10.9 Å². The number of hydrogen-bond donors (Lipinski definition) is 1. The zero-order valence-corrected chi connectivity index (χ0v) is 6.00. The molecule has 0 spiro atoms. The van der Waals surface area contributed by atoms with Gasteiger partial charge in [0.25, 0.3) is 5.56 Å². The van der Waals surface area contributed by atoms with Crippen LogP contribution in [0.15, 0.2) is 11.0 Å². The van der Waals surface area contributed by atoms with E-state index >= 15 is 0 Å². The Morgan fingerprint density at radius 3 is 3.10 bits per heavy atom. The Morgan fingerprint density at radius 2 is 2.60 bits per heavy atom. The normalized spacial score (nSPS) is 10.1. The van der Waals surface area contributed by atoms with Crippen LogP contribution in [0.3, 0.4) is 0 Å². The largest absolute Gasteiger partial charge is 0.286 e. The molecule has 1 aromatic heterocycles. The van der Waals surface area contributed by atoms with Crippen LogP contribution in [0.4, 0.5) is 0 Å². The third kappa shape index (κ3) is 1.46. The van der Waals surface area contributed by atoms with Gasteiger partial charge in [-0.25, -0.2) is 9.90 Å². The van der Waals surface area contributed by atoms with Gasteiger partial charge in [0.15, 0.2) is 0 Å². The van der Waals surface area contributed by atoms with Gasteiger partial charge in [0, 0.05) is 6.54 Å². The van der Waals surface area contributed by atoms with Gasteiger partial charge in [0.1, 0.15) is 6.20 Å². The molecule has 0 saturated carbocycles. The summed E-state index contributed by atoms with van der Waals surface area (Å²) in [5.74, 6) is 0. The van der Waals surface area contributed by atoms with Gasteiger partial charge in [-0.2, -0.15) is 5.10 Å². The summed E-state index contributed by atoms with van der Waals surface area (Å²) in [6.45, 7) is 2.83. The molecule has 0 unspecified atom stereocenters. The first-order chi connectivity index (χ1) is 4.84. The van der Waals surface area contributed by atoms with Crippen molar-refractivity contribution >= 4 is 0 Å². The number of hydrogen-bond acceptors (Lipinski definition) is 2. The zero-order chi connectivity index (χ0) is 7.40. The van der Waals surface area contributed by atoms with E-state index in [-0.39, 0.29) is 5.56 Å². The van der Waals surface area contributed by atoms with E-state index in [0.717, 1.165) is 19.4 Å². The minimum Gasteiger partial charge on any atom is -0.266 e. The Bertz CT molecular complexity index is 237. The van der Waals surface area contributed by atoms with Crippen molar-refractivity contribution in [1.82, 2.24) is 15.0 Å². The van der Waals surface area contributed by atoms with Crippen molar-refractivity contribution in [2.45, 2.75) is 26.3 Å². The fourth-order valence-corrected chi connectivity index (χ4v) is 0.749. The Kier molecular flexibility index (Phi) is 2.25. The molecule has 0 atom stereocenters. The van der Waals surface area contributed by atoms with Gasteiger partial charge >= 0.3 is 0 Å². The van der Waals surface area contributed by atoms with Crippen LogP contribution in [-0.4, -0.2) is 15.0 Å². The van der Waals surface area contributed by atoms with Crippen LogP contribution in [-0.2, 0) is 6.54 Å². The predicted molar refractivity (Wildman–Crippen MR) is 37.8 cm³/mol. The Morgan fingerprint density at radius 1 is 1.80 bits per heavy atom. The SMILES string of the molecule is CCCCn1[nH]ncc1=O. The summed E-state index contributed by atoms with van der Waals surface area (Å²) in [6.07, 6.45) is 3.39. The maximum absolute atomic E-state index is 10.8. The summed E-state index contributed by atoms with van der Waals surface area (Å²) in [6, 6.07) is 0. The quantitative estimate of drug-likeness (QED) is 0.661. The van der Waals surface area contributed by atoms with Crippen LogP contribution in [0.1, 0.15) is 19.8 Å². The van der Waals surface area contributed by atoms with Gasteiger partial charge in [-0.15, -0.1) is 0 Å². The highest BCUT2D eigenvalue weighted by Crippen LogP contribution is 1.87. The van der Waals surface area contributed by atoms with Gasteiger partial charge in [0.05, 0.1) is 0 Å². The molecule has 10 heavy (non-hydrogen) atoms. The lowest BCUT2D eigenvalue weighted by atomic mass is 10.3. The minimum atomic E-state index is -0.0477. The number of rotatable bonds is 3. The first kappa shape index (κ1) is 7.05. The highest BCUT2D eigenvalue weighted by molar-refractivity contribution is 4.67. The maximum atomic E-state index is 10.8. The number of H-pyrrole nitrogens is 1. The molecular formula is C6H11N3O. The second-order valence-corrected chi connectivity index (χ2v) is 2.20. The molecule has 4 nitrogen and oxygen atoms in total. The molecule has 56 valence electrons. The van der Waals surface area contributed by atoms with E-state index in [1.807, 2.05) is 0 Å². The average Bonchev–Trinajstić information content (AvgIpc) is 2.31. The third-order valence-corrected chi connectivity index (χ3v) is 1.35. The van der Waals surface area contributed by atoms with Crippen molar-refractivity contribution in [2.24, 2.45) is 0 Å². The molecule has 0 aliphatic heterocycles. The van der Waals surface area contributed by atoms with Crippen molar-refractivity contribution < 1.29 is 0 Å². The molecule has 0 aliphatic rings. The minimum absolute atomic E-state index is 0.0477. The standard InChI is InChI=1S/C6H11N3O/c1-2-3-4-9-6(10)5-7-8-9/h5,8H,2-4H2,1H3. The van der Waals surface area contributed by atoms with Crippen molar-refractivity contribution in [1.29, 1.82) is 0 Å². The van der Waals surface area contributed by atoms with Gasteiger partial charge in [0.2, 0.25) is 0 Å². The fourth-order valence-electron chi connectivity index (χ4n) is 0.749. The molecule has 1 heterocycles. The highest BCUT2D eigenvalue weighted by Gasteiger charge is 1.93. The van der Waals surface area contributed by atoms with Gasteiger partial charge in [-0.1, -0.05) is 13.3 Å². The van der Waals surface area contributed by atoms with Gasteiger partial charge in [-0.3, -0.25) is 4.79 Å². The first-order valence-corrected chi connectivity index (χ1v) is 3.45. The summed E-state index contributed by atoms with van der Waals surface area (Å²) in [5, 5.41) is 6.19. The molecule has 1 N–H and O–H groups in total. The van der Waals surface area contributed by atoms with Crippen LogP contribution in [0.5, 0.6) is 0 Å². The molecule has 0 amide bonds. The van der Waals surface area contributed by atoms with Crippen LogP contribution in [0, 0.1) is 0 Å². The van der Waals surface area contributed by atoms with E-state index in [1.54, 1.807) is 0 Å². The van der Waals surface area contributed by atoms with Crippen LogP contribution in [0.25, 0.3) is 0 Å². The number of aromatic amines is 1. The first-order valence-electron chi connectivity index (χ1n) is 3.45. The Hall–Kier alpha value is -1.06. The molecule has 1 aromatic rings. The van der Waals surface area contributed by atoms with E-state index in [4.69, 9.17) is 0 Å². The van der Waals surface area contributed by atoms with Crippen LogP contribution < -0.4 is 5.56 Å². The van der Waals surface area contributed by atoms with Crippen molar-refractivity contribution in [2.75, 3.05) is 0 Å². The number of aryl methyl sites for hydroxylation is 1. The highest BCUT2D eigenvalue weighted by atomic mass is 16.1. The molecule has 0 radical (unpaired) electrons. The number of aromatic nitrogens is 3. The molecule has 1 rings (SSSR count). The van der Waals surface area contributed by atoms with E-state index < -0.39 is 0 Å². The summed E-state index contributed by atoms with van der Waals surface area (Å²) < 4.78 is 1.50. The topological polar surface area (TPSA) is 50.7 Å². The van der Waals surface area contributed by atoms with E-state index in [2.05, 4.69) is 17.2 Å². The lowest BCUT2D eigenvalue weighted by Crippen LogP contribution is -2.15. The molecule has 0 aliphatic carbocycles. The second-order valence-electron chi connectivity index (χ2n) is 2.20. The molecule has 0 aromatic carbocycles. The summed E-state index contributed by atoms with van der Waals surface area (Å²) >= 11 is 0. The fraction of sp³-hybridized carbons (Fsp3) is 0.667. The van der Waals surface area contributed by atoms with E-state index in [9.17, 15) is 4.79 Å². The van der Waals surface area contributed by atoms with Gasteiger partial charge in [-0.05, 0) is 6.42 Å². The molecular weight excluding hydrogens is 130 g/mol. The van der Waals surface area contributed by atoms with Crippen molar-refractivity contribution in [3.63, 3.8) is 0 Å². The average molecular weight is 141 g/mol. The Balaban J connectivity index is 2.57. The lowest BCUT2D eigenvalue weighted by molar-refractivity contribution is 0.540. The van der Waals surface area contributed by atoms with Crippen molar-refractivity contribution in [3.05, 3.63) is 16.6 Å². The summed E-state index contributed by atoms with van der Waals surface area (Å²) in [4.78, 5) is 10.8. The van der Waals surface area contributed by atoms with Crippen LogP contribution in [0.2, 0.25) is 0 Å². The smallest absolute Gasteiger partial charge is 0.266 e. The Labute approximate surface area is 58.8 Å². The van der Waals surface area contributed by atoms with Gasteiger partial charge < -0.3 is 0 Å². The third-order valence-electron chi connectivity index (χ3n) is 1.35. The molecule has 0 fully saturated rings. The number of nitrogens with one attached hydrogen (secondary N) is 1. The molecule has 0 bridgehead atoms.